The van der Waals surface area contributed by atoms with E-state index < -0.39 is 17.0 Å². The van der Waals surface area contributed by atoms with Gasteiger partial charge in [0, 0.05) is 6.54 Å². The second kappa shape index (κ2) is 8.01. The van der Waals surface area contributed by atoms with Gasteiger partial charge in [-0.25, -0.2) is 0 Å². The summed E-state index contributed by atoms with van der Waals surface area (Å²) in [5.41, 5.74) is 2.35. The van der Waals surface area contributed by atoms with Crippen LogP contribution in [-0.4, -0.2) is 24.9 Å². The van der Waals surface area contributed by atoms with Crippen molar-refractivity contribution in [3.05, 3.63) is 80.1 Å². The Labute approximate surface area is 157 Å². The summed E-state index contributed by atoms with van der Waals surface area (Å²) in [4.78, 5) is 23.7. The van der Waals surface area contributed by atoms with Crippen LogP contribution in [0.4, 0.5) is 5.69 Å². The number of aliphatic hydroxyl groups excluding tert-OH is 1. The molecule has 0 saturated heterocycles. The van der Waals surface area contributed by atoms with Gasteiger partial charge in [0.05, 0.1) is 24.5 Å². The van der Waals surface area contributed by atoms with Crippen LogP contribution in [0.15, 0.2) is 58.1 Å². The predicted molar refractivity (Wildman–Crippen MR) is 109 cm³/mol. The van der Waals surface area contributed by atoms with Gasteiger partial charge in [-0.15, -0.1) is 0 Å². The van der Waals surface area contributed by atoms with Crippen molar-refractivity contribution in [3.8, 4) is 16.9 Å². The summed E-state index contributed by atoms with van der Waals surface area (Å²) in [6.45, 7) is 1.84. The van der Waals surface area contributed by atoms with Crippen molar-refractivity contribution >= 4 is 17.8 Å². The topological polar surface area (TPSA) is 75.6 Å². The van der Waals surface area contributed by atoms with E-state index in [9.17, 15) is 14.7 Å². The quantitative estimate of drug-likeness (QED) is 0.499. The fourth-order valence-corrected chi connectivity index (χ4v) is 2.75. The molecule has 2 N–H and O–H groups in total. The lowest BCUT2D eigenvalue weighted by molar-refractivity contribution is 0.208. The maximum absolute atomic E-state index is 11.9. The Morgan fingerprint density at radius 2 is 1.52 bits per heavy atom. The second-order valence-corrected chi connectivity index (χ2v) is 6.37. The van der Waals surface area contributed by atoms with E-state index in [2.05, 4.69) is 5.32 Å². The minimum atomic E-state index is -0.604. The van der Waals surface area contributed by atoms with Crippen molar-refractivity contribution in [3.63, 3.8) is 0 Å². The Kier molecular flexibility index (Phi) is 5.52. The standard InChI is InChI=1S/C22H21NO4/c1-14(24)13-23-20-19(21(25)22(20)26)17-9-5-15(6-10-17)3-4-16-7-11-18(27-2)12-8-16/h3-12,14,23-24H,13H2,1-2H3. The molecule has 0 fully saturated rings. The summed E-state index contributed by atoms with van der Waals surface area (Å²) in [5.74, 6) is 0.810. The minimum absolute atomic E-state index is 0.223. The Hall–Kier alpha value is -3.18. The zero-order chi connectivity index (χ0) is 19.4. The third-order valence-electron chi connectivity index (χ3n) is 4.27. The molecule has 5 nitrogen and oxygen atoms in total. The van der Waals surface area contributed by atoms with Crippen molar-refractivity contribution in [2.45, 2.75) is 13.0 Å². The van der Waals surface area contributed by atoms with Gasteiger partial charge in [-0.05, 0) is 35.7 Å². The molecule has 0 amide bonds. The van der Waals surface area contributed by atoms with Crippen LogP contribution in [0.25, 0.3) is 23.3 Å². The third kappa shape index (κ3) is 4.15. The first-order chi connectivity index (χ1) is 13.0. The molecule has 0 aromatic heterocycles. The van der Waals surface area contributed by atoms with Crippen LogP contribution in [0.3, 0.4) is 0 Å². The first-order valence-corrected chi connectivity index (χ1v) is 8.67. The molecule has 0 radical (unpaired) electrons. The summed E-state index contributed by atoms with van der Waals surface area (Å²) >= 11 is 0. The van der Waals surface area contributed by atoms with Crippen molar-refractivity contribution in [2.75, 3.05) is 19.0 Å². The van der Waals surface area contributed by atoms with Crippen LogP contribution in [0, 0.1) is 0 Å². The van der Waals surface area contributed by atoms with E-state index in [0.717, 1.165) is 16.9 Å². The average Bonchev–Trinajstić information content (AvgIpc) is 2.69. The molecule has 3 aromatic carbocycles. The van der Waals surface area contributed by atoms with Gasteiger partial charge in [0.15, 0.2) is 0 Å². The fraction of sp³-hybridized carbons (Fsp3) is 0.182. The number of anilines is 1. The van der Waals surface area contributed by atoms with E-state index >= 15 is 0 Å². The van der Waals surface area contributed by atoms with Crippen molar-refractivity contribution < 1.29 is 9.84 Å². The number of methoxy groups -OCH3 is 1. The molecular formula is C22H21NO4. The molecule has 0 aliphatic heterocycles. The Morgan fingerprint density at radius 3 is 2.04 bits per heavy atom. The first-order valence-electron chi connectivity index (χ1n) is 8.67. The Balaban J connectivity index is 1.76. The van der Waals surface area contributed by atoms with Crippen LogP contribution in [0.5, 0.6) is 5.75 Å². The number of rotatable bonds is 7. The molecule has 5 heteroatoms. The summed E-state index contributed by atoms with van der Waals surface area (Å²) < 4.78 is 5.14. The predicted octanol–water partition coefficient (Wildman–Crippen LogP) is 2.92. The Bertz CT molecular complexity index is 1010. The highest BCUT2D eigenvalue weighted by Gasteiger charge is 2.22. The van der Waals surface area contributed by atoms with Gasteiger partial charge in [-0.2, -0.15) is 0 Å². The van der Waals surface area contributed by atoms with E-state index in [1.807, 2.05) is 60.7 Å². The normalized spacial score (nSPS) is 12.4. The van der Waals surface area contributed by atoms with Gasteiger partial charge in [0.2, 0.25) is 10.9 Å². The van der Waals surface area contributed by atoms with Crippen molar-refractivity contribution in [1.82, 2.24) is 0 Å². The van der Waals surface area contributed by atoms with Crippen molar-refractivity contribution in [1.29, 1.82) is 0 Å². The Morgan fingerprint density at radius 1 is 0.963 bits per heavy atom. The molecule has 0 heterocycles. The average molecular weight is 363 g/mol. The van der Waals surface area contributed by atoms with E-state index in [-0.39, 0.29) is 12.2 Å². The number of hydrogen-bond acceptors (Lipinski definition) is 5. The molecule has 3 aromatic rings. The molecule has 138 valence electrons. The largest absolute Gasteiger partial charge is 0.497 e. The lowest BCUT2D eigenvalue weighted by atomic mass is 9.97. The van der Waals surface area contributed by atoms with Crippen LogP contribution in [0.2, 0.25) is 0 Å². The van der Waals surface area contributed by atoms with Crippen LogP contribution >= 0.6 is 0 Å². The summed E-state index contributed by atoms with van der Waals surface area (Å²) in [6.07, 6.45) is 3.36. The molecular weight excluding hydrogens is 342 g/mol. The minimum Gasteiger partial charge on any atom is -0.497 e. The van der Waals surface area contributed by atoms with E-state index in [1.54, 1.807) is 14.0 Å². The first kappa shape index (κ1) is 18.6. The SMILES string of the molecule is COc1ccc(C=Cc2ccc(-c3c(NCC(C)O)c(=O)c3=O)cc2)cc1. The molecule has 0 aliphatic rings. The lowest BCUT2D eigenvalue weighted by Gasteiger charge is -2.14. The number of benzene rings is 2. The summed E-state index contributed by atoms with van der Waals surface area (Å²) in [7, 11) is 1.63. The maximum atomic E-state index is 11.9. The third-order valence-corrected chi connectivity index (χ3v) is 4.27. The van der Waals surface area contributed by atoms with Gasteiger partial charge in [0.1, 0.15) is 5.75 Å². The molecule has 0 aliphatic carbocycles. The highest BCUT2D eigenvalue weighted by molar-refractivity contribution is 5.82. The molecule has 1 atom stereocenters. The van der Waals surface area contributed by atoms with Gasteiger partial charge in [0.25, 0.3) is 0 Å². The van der Waals surface area contributed by atoms with Gasteiger partial charge in [-0.3, -0.25) is 9.59 Å². The molecule has 0 spiro atoms. The van der Waals surface area contributed by atoms with E-state index in [4.69, 9.17) is 4.74 Å². The van der Waals surface area contributed by atoms with Crippen LogP contribution < -0.4 is 20.9 Å². The van der Waals surface area contributed by atoms with Crippen LogP contribution in [0.1, 0.15) is 18.1 Å². The fourth-order valence-electron chi connectivity index (χ4n) is 2.75. The molecule has 1 unspecified atom stereocenters. The number of aliphatic hydroxyl groups is 1. The summed E-state index contributed by atoms with van der Waals surface area (Å²) in [6, 6.07) is 15.2. The zero-order valence-corrected chi connectivity index (χ0v) is 15.2. The van der Waals surface area contributed by atoms with E-state index in [1.165, 1.54) is 0 Å². The van der Waals surface area contributed by atoms with Gasteiger partial charge >= 0.3 is 0 Å². The molecule has 0 saturated carbocycles. The number of hydrogen-bond donors (Lipinski definition) is 2. The zero-order valence-electron chi connectivity index (χ0n) is 15.2. The number of nitrogens with one attached hydrogen (secondary N) is 1. The smallest absolute Gasteiger partial charge is 0.250 e. The molecule has 3 rings (SSSR count). The maximum Gasteiger partial charge on any atom is 0.250 e. The lowest BCUT2D eigenvalue weighted by Crippen LogP contribution is -2.37. The van der Waals surface area contributed by atoms with Crippen LogP contribution in [-0.2, 0) is 0 Å². The van der Waals surface area contributed by atoms with Gasteiger partial charge in [-0.1, -0.05) is 48.6 Å². The monoisotopic (exact) mass is 363 g/mol. The molecule has 27 heavy (non-hydrogen) atoms. The number of ether oxygens (including phenoxy) is 1. The second-order valence-electron chi connectivity index (χ2n) is 6.37. The van der Waals surface area contributed by atoms with E-state index in [0.29, 0.717) is 11.1 Å². The van der Waals surface area contributed by atoms with Crippen molar-refractivity contribution in [2.24, 2.45) is 0 Å². The highest BCUT2D eigenvalue weighted by Crippen LogP contribution is 2.24. The summed E-state index contributed by atoms with van der Waals surface area (Å²) in [5, 5.41) is 12.2. The van der Waals surface area contributed by atoms with Gasteiger partial charge < -0.3 is 15.2 Å². The molecule has 0 bridgehead atoms. The highest BCUT2D eigenvalue weighted by atomic mass is 16.5.